The van der Waals surface area contributed by atoms with Crippen molar-refractivity contribution >= 4 is 10.8 Å². The first-order chi connectivity index (χ1) is 13.3. The molecule has 0 saturated carbocycles. The first-order valence-electron chi connectivity index (χ1n) is 9.15. The zero-order valence-corrected chi connectivity index (χ0v) is 15.5. The van der Waals surface area contributed by atoms with Crippen LogP contribution in [0.1, 0.15) is 11.1 Å². The molecule has 0 N–H and O–H groups in total. The maximum atomic E-state index is 5.43. The van der Waals surface area contributed by atoms with E-state index in [1.807, 2.05) is 12.1 Å². The van der Waals surface area contributed by atoms with Gasteiger partial charge < -0.3 is 9.47 Å². The molecule has 132 valence electrons. The fraction of sp³-hybridized carbons (Fsp3) is 0.120. The normalized spacial score (nSPS) is 11.9. The summed E-state index contributed by atoms with van der Waals surface area (Å²) in [4.78, 5) is 0. The van der Waals surface area contributed by atoms with E-state index in [9.17, 15) is 0 Å². The van der Waals surface area contributed by atoms with Gasteiger partial charge in [0, 0.05) is 0 Å². The van der Waals surface area contributed by atoms with E-state index >= 15 is 0 Å². The summed E-state index contributed by atoms with van der Waals surface area (Å²) in [6.45, 7) is 0. The summed E-state index contributed by atoms with van der Waals surface area (Å²) in [6.07, 6.45) is 0.933. The van der Waals surface area contributed by atoms with Crippen LogP contribution in [-0.2, 0) is 6.42 Å². The first kappa shape index (κ1) is 16.0. The number of benzene rings is 4. The predicted octanol–water partition coefficient (Wildman–Crippen LogP) is 6.10. The number of hydrogen-bond acceptors (Lipinski definition) is 2. The van der Waals surface area contributed by atoms with Gasteiger partial charge in [-0.05, 0) is 74.8 Å². The van der Waals surface area contributed by atoms with Crippen molar-refractivity contribution in [1.29, 1.82) is 0 Å². The predicted molar refractivity (Wildman–Crippen MR) is 111 cm³/mol. The summed E-state index contributed by atoms with van der Waals surface area (Å²) in [5, 5.41) is 2.67. The Morgan fingerprint density at radius 3 is 2.11 bits per heavy atom. The van der Waals surface area contributed by atoms with Gasteiger partial charge in [-0.25, -0.2) is 0 Å². The lowest BCUT2D eigenvalue weighted by Crippen LogP contribution is -2.02. The fourth-order valence-corrected chi connectivity index (χ4v) is 4.19. The lowest BCUT2D eigenvalue weighted by Gasteiger charge is -2.23. The van der Waals surface area contributed by atoms with Gasteiger partial charge in [0.1, 0.15) is 11.5 Å². The van der Waals surface area contributed by atoms with Crippen LogP contribution in [0.2, 0.25) is 0 Å². The number of methoxy groups -OCH3 is 2. The Morgan fingerprint density at radius 2 is 1.33 bits per heavy atom. The highest BCUT2D eigenvalue weighted by molar-refractivity contribution is 6.08. The molecule has 0 saturated heterocycles. The van der Waals surface area contributed by atoms with Gasteiger partial charge in [-0.1, -0.05) is 48.5 Å². The number of fused-ring (bicyclic) bond motifs is 2. The average Bonchev–Trinajstić information content (AvgIpc) is 2.73. The van der Waals surface area contributed by atoms with Gasteiger partial charge in [0.2, 0.25) is 0 Å². The Hall–Kier alpha value is -3.26. The molecule has 0 atom stereocenters. The van der Waals surface area contributed by atoms with Crippen molar-refractivity contribution in [1.82, 2.24) is 0 Å². The molecule has 1 aliphatic carbocycles. The molecule has 27 heavy (non-hydrogen) atoms. The molecule has 4 aromatic carbocycles. The molecule has 0 radical (unpaired) electrons. The molecule has 0 fully saturated rings. The highest BCUT2D eigenvalue weighted by Crippen LogP contribution is 2.43. The maximum absolute atomic E-state index is 5.43. The van der Waals surface area contributed by atoms with E-state index in [1.54, 1.807) is 14.2 Å². The van der Waals surface area contributed by atoms with Gasteiger partial charge in [-0.2, -0.15) is 0 Å². The van der Waals surface area contributed by atoms with Crippen molar-refractivity contribution in [3.05, 3.63) is 83.9 Å². The van der Waals surface area contributed by atoms with Gasteiger partial charge in [0.05, 0.1) is 14.2 Å². The molecular weight excluding hydrogens is 332 g/mol. The highest BCUT2D eigenvalue weighted by Gasteiger charge is 2.20. The Morgan fingerprint density at radius 1 is 0.630 bits per heavy atom. The molecule has 2 heteroatoms. The Bertz CT molecular complexity index is 1160. The zero-order chi connectivity index (χ0) is 18.4. The summed E-state index contributed by atoms with van der Waals surface area (Å²) in [6, 6.07) is 25.8. The van der Waals surface area contributed by atoms with Crippen LogP contribution in [0.15, 0.2) is 72.8 Å². The Labute approximate surface area is 159 Å². The van der Waals surface area contributed by atoms with Gasteiger partial charge in [-0.15, -0.1) is 0 Å². The third kappa shape index (κ3) is 2.48. The van der Waals surface area contributed by atoms with E-state index in [1.165, 1.54) is 44.2 Å². The van der Waals surface area contributed by atoms with Gasteiger partial charge in [0.25, 0.3) is 0 Å². The van der Waals surface area contributed by atoms with Gasteiger partial charge in [-0.3, -0.25) is 0 Å². The van der Waals surface area contributed by atoms with Crippen LogP contribution in [0.3, 0.4) is 0 Å². The average molecular weight is 352 g/mol. The third-order valence-corrected chi connectivity index (χ3v) is 5.51. The van der Waals surface area contributed by atoms with Crippen LogP contribution in [0, 0.1) is 0 Å². The zero-order valence-electron chi connectivity index (χ0n) is 15.5. The van der Waals surface area contributed by atoms with Crippen LogP contribution >= 0.6 is 0 Å². The van der Waals surface area contributed by atoms with Crippen molar-refractivity contribution in [2.75, 3.05) is 14.2 Å². The van der Waals surface area contributed by atoms with Crippen molar-refractivity contribution in [3.63, 3.8) is 0 Å². The van der Waals surface area contributed by atoms with Crippen molar-refractivity contribution < 1.29 is 9.47 Å². The van der Waals surface area contributed by atoms with E-state index in [-0.39, 0.29) is 0 Å². The van der Waals surface area contributed by atoms with E-state index in [4.69, 9.17) is 9.47 Å². The van der Waals surface area contributed by atoms with E-state index < -0.39 is 0 Å². The topological polar surface area (TPSA) is 18.5 Å². The third-order valence-electron chi connectivity index (χ3n) is 5.51. The molecule has 0 aliphatic heterocycles. The number of ether oxygens (including phenoxy) is 2. The van der Waals surface area contributed by atoms with Gasteiger partial charge >= 0.3 is 0 Å². The van der Waals surface area contributed by atoms with E-state index in [2.05, 4.69) is 60.7 Å². The molecule has 0 bridgehead atoms. The minimum absolute atomic E-state index is 0.879. The summed E-state index contributed by atoms with van der Waals surface area (Å²) in [5.41, 5.74) is 7.78. The summed E-state index contributed by atoms with van der Waals surface area (Å²) < 4.78 is 10.7. The van der Waals surface area contributed by atoms with Crippen LogP contribution < -0.4 is 9.47 Å². The molecule has 2 nitrogen and oxygen atoms in total. The van der Waals surface area contributed by atoms with Crippen LogP contribution in [0.4, 0.5) is 0 Å². The molecular formula is C25H20O2. The lowest BCUT2D eigenvalue weighted by atomic mass is 9.81. The van der Waals surface area contributed by atoms with Crippen molar-refractivity contribution in [2.24, 2.45) is 0 Å². The molecule has 0 unspecified atom stereocenters. The number of rotatable bonds is 3. The van der Waals surface area contributed by atoms with Crippen LogP contribution in [0.5, 0.6) is 11.5 Å². The monoisotopic (exact) mass is 352 g/mol. The largest absolute Gasteiger partial charge is 0.497 e. The molecule has 0 spiro atoms. The molecule has 0 amide bonds. The minimum Gasteiger partial charge on any atom is -0.497 e. The standard InChI is InChI=1S/C25H20O2/c1-26-19-8-6-16(7-9-19)21-12-13-24-22-11-10-20(27-2)15-18(22)14-17-4-3-5-23(21)25(17)24/h3-13,15H,14H2,1-2H3. The molecule has 1 aliphatic rings. The Balaban J connectivity index is 1.74. The SMILES string of the molecule is COc1ccc(-c2ccc3c4c(cccc24)Cc2cc(OC)ccc2-3)cc1. The quantitative estimate of drug-likeness (QED) is 0.391. The van der Waals surface area contributed by atoms with E-state index in [0.717, 1.165) is 17.9 Å². The molecule has 0 aromatic heterocycles. The van der Waals surface area contributed by atoms with E-state index in [0.29, 0.717) is 0 Å². The van der Waals surface area contributed by atoms with Crippen LogP contribution in [0.25, 0.3) is 33.0 Å². The van der Waals surface area contributed by atoms with Gasteiger partial charge in [0.15, 0.2) is 0 Å². The first-order valence-corrected chi connectivity index (χ1v) is 9.15. The smallest absolute Gasteiger partial charge is 0.119 e. The number of hydrogen-bond donors (Lipinski definition) is 0. The minimum atomic E-state index is 0.879. The van der Waals surface area contributed by atoms with Crippen LogP contribution in [-0.4, -0.2) is 14.2 Å². The summed E-state index contributed by atoms with van der Waals surface area (Å²) in [7, 11) is 3.42. The molecule has 4 aromatic rings. The lowest BCUT2D eigenvalue weighted by molar-refractivity contribution is 0.414. The maximum Gasteiger partial charge on any atom is 0.119 e. The molecule has 5 rings (SSSR count). The highest BCUT2D eigenvalue weighted by atomic mass is 16.5. The summed E-state index contributed by atoms with van der Waals surface area (Å²) >= 11 is 0. The fourth-order valence-electron chi connectivity index (χ4n) is 4.19. The summed E-state index contributed by atoms with van der Waals surface area (Å²) in [5.74, 6) is 1.79. The second-order valence-corrected chi connectivity index (χ2v) is 6.93. The second kappa shape index (κ2) is 6.17. The van der Waals surface area contributed by atoms with Crippen molar-refractivity contribution in [3.8, 4) is 33.8 Å². The molecule has 0 heterocycles. The second-order valence-electron chi connectivity index (χ2n) is 6.93. The Kier molecular flexibility index (Phi) is 3.64. The van der Waals surface area contributed by atoms with Crippen molar-refractivity contribution in [2.45, 2.75) is 6.42 Å².